The van der Waals surface area contributed by atoms with Crippen LogP contribution in [0.2, 0.25) is 0 Å². The first kappa shape index (κ1) is 13.1. The number of sulfonamides is 1. The second-order valence-electron chi connectivity index (χ2n) is 3.44. The van der Waals surface area contributed by atoms with Crippen molar-refractivity contribution < 1.29 is 12.9 Å². The van der Waals surface area contributed by atoms with E-state index in [1.807, 2.05) is 0 Å². The number of nitrogens with zero attached hydrogens (tertiary/aromatic N) is 2. The zero-order chi connectivity index (χ0) is 13.0. The molecule has 0 amide bonds. The molecule has 2 heterocycles. The van der Waals surface area contributed by atoms with Gasteiger partial charge in [-0.05, 0) is 6.07 Å². The zero-order valence-corrected chi connectivity index (χ0v) is 11.0. The van der Waals surface area contributed by atoms with Crippen LogP contribution in [0.3, 0.4) is 0 Å². The molecule has 0 aliphatic rings. The number of rotatable bonds is 6. The predicted octanol–water partition coefficient (Wildman–Crippen LogP) is 0.111. The fourth-order valence-corrected chi connectivity index (χ4v) is 3.48. The molecular formula is C9H12N4O3S2. The lowest BCUT2D eigenvalue weighted by atomic mass is 10.4. The van der Waals surface area contributed by atoms with E-state index >= 15 is 0 Å². The van der Waals surface area contributed by atoms with Gasteiger partial charge in [0.15, 0.2) is 6.33 Å². The fraction of sp³-hybridized carbons (Fsp3) is 0.333. The maximum atomic E-state index is 11.9. The number of hydrogen-bond acceptors (Lipinski definition) is 7. The van der Waals surface area contributed by atoms with Gasteiger partial charge in [0.25, 0.3) is 0 Å². The van der Waals surface area contributed by atoms with Gasteiger partial charge in [0.1, 0.15) is 0 Å². The van der Waals surface area contributed by atoms with Gasteiger partial charge in [-0.1, -0.05) is 5.16 Å². The summed E-state index contributed by atoms with van der Waals surface area (Å²) in [7, 11) is -3.49. The second kappa shape index (κ2) is 5.57. The van der Waals surface area contributed by atoms with Crippen molar-refractivity contribution in [1.29, 1.82) is 0 Å². The van der Waals surface area contributed by atoms with Gasteiger partial charge in [0.05, 0.1) is 4.90 Å². The number of thiophene rings is 1. The maximum Gasteiger partial charge on any atom is 0.241 e. The monoisotopic (exact) mass is 288 g/mol. The van der Waals surface area contributed by atoms with Crippen molar-refractivity contribution in [3.05, 3.63) is 28.5 Å². The number of nitrogens with two attached hydrogens (primary N) is 1. The van der Waals surface area contributed by atoms with Crippen LogP contribution in [0.1, 0.15) is 10.8 Å². The molecule has 18 heavy (non-hydrogen) atoms. The first-order valence-corrected chi connectivity index (χ1v) is 7.51. The van der Waals surface area contributed by atoms with Gasteiger partial charge in [0, 0.05) is 29.8 Å². The highest BCUT2D eigenvalue weighted by Gasteiger charge is 2.15. The van der Waals surface area contributed by atoms with Crippen LogP contribution in [0.15, 0.2) is 27.2 Å². The van der Waals surface area contributed by atoms with Gasteiger partial charge >= 0.3 is 0 Å². The molecule has 2 aromatic heterocycles. The largest absolute Gasteiger partial charge is 0.340 e. The van der Waals surface area contributed by atoms with Gasteiger partial charge in [-0.3, -0.25) is 0 Å². The third-order valence-corrected chi connectivity index (χ3v) is 4.73. The molecule has 0 aliphatic heterocycles. The van der Waals surface area contributed by atoms with Crippen LogP contribution < -0.4 is 10.5 Å². The first-order valence-electron chi connectivity index (χ1n) is 5.14. The van der Waals surface area contributed by atoms with Crippen LogP contribution in [-0.4, -0.2) is 25.1 Å². The molecule has 0 aliphatic carbocycles. The van der Waals surface area contributed by atoms with Gasteiger partial charge in [-0.15, -0.1) is 11.3 Å². The topological polar surface area (TPSA) is 111 Å². The van der Waals surface area contributed by atoms with Crippen LogP contribution in [0.25, 0.3) is 0 Å². The van der Waals surface area contributed by atoms with Crippen LogP contribution in [0.4, 0.5) is 0 Å². The highest BCUT2D eigenvalue weighted by molar-refractivity contribution is 7.89. The summed E-state index contributed by atoms with van der Waals surface area (Å²) in [5, 5.41) is 5.00. The summed E-state index contributed by atoms with van der Waals surface area (Å²) in [6.07, 6.45) is 1.63. The molecule has 2 rings (SSSR count). The Morgan fingerprint density at radius 3 is 2.94 bits per heavy atom. The Labute approximate surface area is 108 Å². The maximum absolute atomic E-state index is 11.9. The Morgan fingerprint density at radius 1 is 1.50 bits per heavy atom. The molecule has 7 nitrogen and oxygen atoms in total. The summed E-state index contributed by atoms with van der Waals surface area (Å²) in [6, 6.07) is 1.57. The lowest BCUT2D eigenvalue weighted by Gasteiger charge is -2.02. The van der Waals surface area contributed by atoms with Crippen molar-refractivity contribution in [1.82, 2.24) is 14.9 Å². The Bertz CT molecular complexity index is 591. The summed E-state index contributed by atoms with van der Waals surface area (Å²) in [6.45, 7) is 0.542. The number of hydrogen-bond donors (Lipinski definition) is 2. The average Bonchev–Trinajstić information content (AvgIpc) is 2.99. The van der Waals surface area contributed by atoms with Crippen molar-refractivity contribution in [2.45, 2.75) is 17.9 Å². The molecule has 98 valence electrons. The molecule has 0 atom stereocenters. The Hall–Kier alpha value is -1.29. The van der Waals surface area contributed by atoms with E-state index in [2.05, 4.69) is 14.9 Å². The van der Waals surface area contributed by atoms with E-state index in [1.54, 1.807) is 11.4 Å². The molecule has 0 aromatic carbocycles. The van der Waals surface area contributed by atoms with E-state index in [0.717, 1.165) is 4.88 Å². The average molecular weight is 288 g/mol. The summed E-state index contributed by atoms with van der Waals surface area (Å²) in [4.78, 5) is 4.86. The molecule has 0 radical (unpaired) electrons. The third-order valence-electron chi connectivity index (χ3n) is 2.18. The summed E-state index contributed by atoms with van der Waals surface area (Å²) in [5.74, 6) is 0.394. The normalized spacial score (nSPS) is 11.8. The van der Waals surface area contributed by atoms with Crippen LogP contribution in [0.5, 0.6) is 0 Å². The predicted molar refractivity (Wildman–Crippen MR) is 65.4 cm³/mol. The van der Waals surface area contributed by atoms with E-state index in [-0.39, 0.29) is 11.4 Å². The first-order chi connectivity index (χ1) is 8.62. The summed E-state index contributed by atoms with van der Waals surface area (Å²) >= 11 is 1.32. The molecular weight excluding hydrogens is 276 g/mol. The lowest BCUT2D eigenvalue weighted by Crippen LogP contribution is -2.25. The quantitative estimate of drug-likeness (QED) is 0.780. The Balaban J connectivity index is 1.95. The minimum atomic E-state index is -3.49. The molecule has 2 aromatic rings. The van der Waals surface area contributed by atoms with E-state index in [0.29, 0.717) is 18.9 Å². The Kier molecular flexibility index (Phi) is 4.07. The Morgan fingerprint density at radius 2 is 2.33 bits per heavy atom. The molecule has 9 heteroatoms. The summed E-state index contributed by atoms with van der Waals surface area (Å²) in [5.41, 5.74) is 5.44. The zero-order valence-electron chi connectivity index (χ0n) is 9.37. The molecule has 0 saturated heterocycles. The highest BCUT2D eigenvalue weighted by atomic mass is 32.2. The molecule has 0 saturated carbocycles. The van der Waals surface area contributed by atoms with E-state index in [9.17, 15) is 8.42 Å². The van der Waals surface area contributed by atoms with Crippen molar-refractivity contribution in [2.75, 3.05) is 6.54 Å². The number of nitrogens with one attached hydrogen (secondary N) is 1. The van der Waals surface area contributed by atoms with Crippen LogP contribution in [-0.2, 0) is 23.0 Å². The van der Waals surface area contributed by atoms with Gasteiger partial charge in [-0.25, -0.2) is 13.1 Å². The van der Waals surface area contributed by atoms with Crippen molar-refractivity contribution in [3.63, 3.8) is 0 Å². The molecule has 0 bridgehead atoms. The number of aromatic nitrogens is 2. The standard InChI is InChI=1S/C9H12N4O3S2/c10-4-7-3-8(5-17-7)18(14,15)13-2-1-9-11-6-12-16-9/h3,5-6,13H,1-2,4,10H2. The second-order valence-corrected chi connectivity index (χ2v) is 6.20. The summed E-state index contributed by atoms with van der Waals surface area (Å²) < 4.78 is 31.0. The molecule has 3 N–H and O–H groups in total. The van der Waals surface area contributed by atoms with Gasteiger partial charge in [0.2, 0.25) is 15.9 Å². The minimum absolute atomic E-state index is 0.207. The van der Waals surface area contributed by atoms with Gasteiger partial charge < -0.3 is 10.3 Å². The SMILES string of the molecule is NCc1cc(S(=O)(=O)NCCc2ncno2)cs1. The van der Waals surface area contributed by atoms with Crippen LogP contribution >= 0.6 is 11.3 Å². The van der Waals surface area contributed by atoms with Crippen LogP contribution in [0, 0.1) is 0 Å². The fourth-order valence-electron chi connectivity index (χ4n) is 1.29. The van der Waals surface area contributed by atoms with E-state index in [4.69, 9.17) is 10.3 Å². The van der Waals surface area contributed by atoms with Gasteiger partial charge in [-0.2, -0.15) is 4.98 Å². The molecule has 0 fully saturated rings. The lowest BCUT2D eigenvalue weighted by molar-refractivity contribution is 0.377. The highest BCUT2D eigenvalue weighted by Crippen LogP contribution is 2.18. The van der Waals surface area contributed by atoms with E-state index < -0.39 is 10.0 Å². The van der Waals surface area contributed by atoms with Crippen molar-refractivity contribution in [3.8, 4) is 0 Å². The van der Waals surface area contributed by atoms with Crippen molar-refractivity contribution in [2.24, 2.45) is 5.73 Å². The minimum Gasteiger partial charge on any atom is -0.340 e. The third kappa shape index (κ3) is 3.13. The smallest absolute Gasteiger partial charge is 0.241 e. The van der Waals surface area contributed by atoms with E-state index in [1.165, 1.54) is 17.7 Å². The molecule has 0 unspecified atom stereocenters. The molecule has 0 spiro atoms. The van der Waals surface area contributed by atoms with Crippen molar-refractivity contribution >= 4 is 21.4 Å².